The number of ether oxygens (including phenoxy) is 2. The predicted molar refractivity (Wildman–Crippen MR) is 152 cm³/mol. The number of halogens is 1. The molecule has 4 aromatic rings. The zero-order valence-corrected chi connectivity index (χ0v) is 22.9. The quantitative estimate of drug-likeness (QED) is 0.248. The monoisotopic (exact) mass is 568 g/mol. The van der Waals surface area contributed by atoms with E-state index in [1.165, 1.54) is 24.4 Å². The fourth-order valence-electron chi connectivity index (χ4n) is 5.01. The van der Waals surface area contributed by atoms with Crippen LogP contribution in [0.4, 0.5) is 10.1 Å². The van der Waals surface area contributed by atoms with Gasteiger partial charge in [0.05, 0.1) is 12.7 Å². The SMILES string of the molecule is [C-]#[N+]c1cc(COc2nc(OCc3cccc(-c4ccccc4)c3C)ncc2CN2C[C@H](O)C[C@H]2C(=O)O)ccc1F. The number of likely N-dealkylation sites (tertiary alicyclic amines) is 1. The van der Waals surface area contributed by atoms with Gasteiger partial charge in [-0.25, -0.2) is 14.2 Å². The molecule has 0 aliphatic carbocycles. The average Bonchev–Trinajstić information content (AvgIpc) is 3.37. The molecule has 0 unspecified atom stereocenters. The molecule has 0 saturated carbocycles. The highest BCUT2D eigenvalue weighted by Gasteiger charge is 2.36. The van der Waals surface area contributed by atoms with Crippen LogP contribution in [0.5, 0.6) is 11.9 Å². The zero-order valence-electron chi connectivity index (χ0n) is 22.9. The number of rotatable bonds is 10. The van der Waals surface area contributed by atoms with Gasteiger partial charge in [-0.3, -0.25) is 9.69 Å². The Morgan fingerprint density at radius 2 is 1.90 bits per heavy atom. The molecule has 3 aromatic carbocycles. The summed E-state index contributed by atoms with van der Waals surface area (Å²) in [5.74, 6) is -1.49. The van der Waals surface area contributed by atoms with E-state index < -0.39 is 23.9 Å². The molecule has 0 radical (unpaired) electrons. The number of nitrogens with zero attached hydrogens (tertiary/aromatic N) is 4. The summed E-state index contributed by atoms with van der Waals surface area (Å²) in [7, 11) is 0. The van der Waals surface area contributed by atoms with Crippen molar-refractivity contribution in [3.8, 4) is 23.0 Å². The molecule has 1 saturated heterocycles. The number of hydrogen-bond acceptors (Lipinski definition) is 7. The molecule has 2 atom stereocenters. The maximum absolute atomic E-state index is 13.8. The minimum atomic E-state index is -1.03. The number of aliphatic hydroxyl groups excluding tert-OH is 1. The van der Waals surface area contributed by atoms with E-state index in [1.54, 1.807) is 4.90 Å². The molecule has 42 heavy (non-hydrogen) atoms. The third-order valence-corrected chi connectivity index (χ3v) is 7.24. The fourth-order valence-corrected chi connectivity index (χ4v) is 5.01. The minimum absolute atomic E-state index is 0.0184. The molecule has 0 amide bonds. The van der Waals surface area contributed by atoms with Gasteiger partial charge in [0.15, 0.2) is 0 Å². The summed E-state index contributed by atoms with van der Waals surface area (Å²) >= 11 is 0. The van der Waals surface area contributed by atoms with Gasteiger partial charge < -0.3 is 19.7 Å². The van der Waals surface area contributed by atoms with E-state index in [2.05, 4.69) is 33.0 Å². The summed E-state index contributed by atoms with van der Waals surface area (Å²) in [4.78, 5) is 25.4. The van der Waals surface area contributed by atoms with Crippen LogP contribution >= 0.6 is 0 Å². The van der Waals surface area contributed by atoms with E-state index in [4.69, 9.17) is 16.0 Å². The Kier molecular flexibility index (Phi) is 8.71. The molecule has 1 aliphatic heterocycles. The van der Waals surface area contributed by atoms with Crippen LogP contribution in [0.2, 0.25) is 0 Å². The van der Waals surface area contributed by atoms with Crippen molar-refractivity contribution in [1.29, 1.82) is 0 Å². The first-order chi connectivity index (χ1) is 20.3. The number of carbonyl (C=O) groups is 1. The van der Waals surface area contributed by atoms with E-state index in [9.17, 15) is 19.4 Å². The van der Waals surface area contributed by atoms with Crippen molar-refractivity contribution in [2.24, 2.45) is 0 Å². The lowest BCUT2D eigenvalue weighted by Crippen LogP contribution is -2.35. The number of aromatic nitrogens is 2. The van der Waals surface area contributed by atoms with Crippen LogP contribution in [-0.2, 0) is 24.6 Å². The maximum atomic E-state index is 13.8. The van der Waals surface area contributed by atoms with Crippen molar-refractivity contribution in [1.82, 2.24) is 14.9 Å². The molecule has 214 valence electrons. The Morgan fingerprint density at radius 3 is 2.67 bits per heavy atom. The average molecular weight is 569 g/mol. The van der Waals surface area contributed by atoms with Crippen molar-refractivity contribution in [2.75, 3.05) is 6.54 Å². The van der Waals surface area contributed by atoms with Crippen molar-refractivity contribution in [3.63, 3.8) is 0 Å². The highest BCUT2D eigenvalue weighted by molar-refractivity contribution is 5.74. The van der Waals surface area contributed by atoms with Crippen LogP contribution in [-0.4, -0.2) is 49.7 Å². The normalized spacial score (nSPS) is 16.6. The second-order valence-corrected chi connectivity index (χ2v) is 10.1. The van der Waals surface area contributed by atoms with E-state index in [1.807, 2.05) is 37.3 Å². The number of aliphatic carboxylic acids is 1. The summed E-state index contributed by atoms with van der Waals surface area (Å²) in [5, 5.41) is 19.7. The maximum Gasteiger partial charge on any atom is 0.321 e. The molecule has 10 heteroatoms. The largest absolute Gasteiger partial charge is 0.480 e. The third-order valence-electron chi connectivity index (χ3n) is 7.24. The molecule has 1 fully saturated rings. The van der Waals surface area contributed by atoms with Crippen LogP contribution in [0, 0.1) is 19.3 Å². The van der Waals surface area contributed by atoms with E-state index in [-0.39, 0.29) is 50.3 Å². The third kappa shape index (κ3) is 6.54. The fraction of sp³-hybridized carbons (Fsp3) is 0.250. The van der Waals surface area contributed by atoms with E-state index >= 15 is 0 Å². The molecular weight excluding hydrogens is 539 g/mol. The Hall–Kier alpha value is -4.85. The highest BCUT2D eigenvalue weighted by Crippen LogP contribution is 2.29. The molecule has 2 N–H and O–H groups in total. The number of carboxylic acid groups (broad SMARTS) is 1. The molecule has 0 spiro atoms. The van der Waals surface area contributed by atoms with Gasteiger partial charge in [-0.2, -0.15) is 4.98 Å². The number of benzene rings is 3. The smallest absolute Gasteiger partial charge is 0.321 e. The lowest BCUT2D eigenvalue weighted by Gasteiger charge is -2.22. The topological polar surface area (TPSA) is 109 Å². The van der Waals surface area contributed by atoms with Gasteiger partial charge in [0.2, 0.25) is 11.6 Å². The lowest BCUT2D eigenvalue weighted by molar-refractivity contribution is -0.142. The predicted octanol–water partition coefficient (Wildman–Crippen LogP) is 5.32. The summed E-state index contributed by atoms with van der Waals surface area (Å²) in [6, 6.07) is 19.4. The lowest BCUT2D eigenvalue weighted by atomic mass is 9.97. The van der Waals surface area contributed by atoms with Gasteiger partial charge in [-0.05, 0) is 46.9 Å². The molecule has 5 rings (SSSR count). The number of hydrogen-bond donors (Lipinski definition) is 2. The van der Waals surface area contributed by atoms with Crippen LogP contribution < -0.4 is 9.47 Å². The number of β-amino-alcohol motifs (C(OH)–C–C–N with tert-alkyl or cyclic N) is 1. The summed E-state index contributed by atoms with van der Waals surface area (Å²) in [5.41, 5.74) is 5.15. The molecular formula is C32H29FN4O5. The van der Waals surface area contributed by atoms with Gasteiger partial charge in [0.25, 0.3) is 0 Å². The van der Waals surface area contributed by atoms with Crippen molar-refractivity contribution >= 4 is 11.7 Å². The standard InChI is InChI=1S/C32H29FN4O5/c1-20-23(9-6-10-26(20)22-7-4-3-5-8-22)19-42-32-35-15-24(16-37-17-25(38)14-29(37)31(39)40)30(36-32)41-18-21-11-12-27(33)28(13-21)34-2/h3-13,15,25,29,38H,14,16-19H2,1H3,(H,39,40)/t25-,29+/m1/s1. The second kappa shape index (κ2) is 12.8. The summed E-state index contributed by atoms with van der Waals surface area (Å²) in [6.45, 7) is 9.68. The molecule has 9 nitrogen and oxygen atoms in total. The van der Waals surface area contributed by atoms with Crippen molar-refractivity contribution < 1.29 is 28.9 Å². The summed E-state index contributed by atoms with van der Waals surface area (Å²) in [6.07, 6.45) is 0.869. The summed E-state index contributed by atoms with van der Waals surface area (Å²) < 4.78 is 25.8. The molecule has 1 aliphatic rings. The Labute approximate surface area is 242 Å². The highest BCUT2D eigenvalue weighted by atomic mass is 19.1. The molecule has 0 bridgehead atoms. The van der Waals surface area contributed by atoms with Gasteiger partial charge in [-0.1, -0.05) is 54.6 Å². The Bertz CT molecular complexity index is 1630. The zero-order chi connectivity index (χ0) is 29.6. The van der Waals surface area contributed by atoms with Gasteiger partial charge in [0, 0.05) is 31.3 Å². The van der Waals surface area contributed by atoms with Crippen LogP contribution in [0.3, 0.4) is 0 Å². The van der Waals surface area contributed by atoms with Gasteiger partial charge in [-0.15, -0.1) is 0 Å². The first-order valence-corrected chi connectivity index (χ1v) is 13.4. The van der Waals surface area contributed by atoms with E-state index in [0.29, 0.717) is 11.1 Å². The Morgan fingerprint density at radius 1 is 1.10 bits per heavy atom. The van der Waals surface area contributed by atoms with Gasteiger partial charge >= 0.3 is 12.0 Å². The minimum Gasteiger partial charge on any atom is -0.480 e. The van der Waals surface area contributed by atoms with Gasteiger partial charge in [0.1, 0.15) is 25.1 Å². The second-order valence-electron chi connectivity index (χ2n) is 10.1. The molecule has 2 heterocycles. The first-order valence-electron chi connectivity index (χ1n) is 13.4. The Balaban J connectivity index is 1.38. The van der Waals surface area contributed by atoms with Crippen molar-refractivity contribution in [2.45, 2.75) is 45.2 Å². The number of carboxylic acids is 1. The molecule has 1 aromatic heterocycles. The van der Waals surface area contributed by atoms with E-state index in [0.717, 1.165) is 22.3 Å². The van der Waals surface area contributed by atoms with Crippen molar-refractivity contribution in [3.05, 3.63) is 112 Å². The van der Waals surface area contributed by atoms with Crippen LogP contribution in [0.25, 0.3) is 16.0 Å². The van der Waals surface area contributed by atoms with Crippen LogP contribution in [0.15, 0.2) is 72.9 Å². The first kappa shape index (κ1) is 28.7. The van der Waals surface area contributed by atoms with Crippen LogP contribution in [0.1, 0.15) is 28.7 Å². The number of aliphatic hydroxyl groups is 1.